The minimum absolute atomic E-state index is 0.0159. The SMILES string of the molecule is CCN(C)C(=O)NC(C)C(N)=NO. The van der Waals surface area contributed by atoms with Crippen LogP contribution in [-0.2, 0) is 0 Å². The number of nitrogens with one attached hydrogen (secondary N) is 1. The number of urea groups is 1. The summed E-state index contributed by atoms with van der Waals surface area (Å²) in [5, 5.41) is 13.7. The zero-order valence-corrected chi connectivity index (χ0v) is 8.11. The van der Waals surface area contributed by atoms with Crippen molar-refractivity contribution in [2.75, 3.05) is 13.6 Å². The Balaban J connectivity index is 4.06. The number of nitrogens with two attached hydrogens (primary N) is 1. The molecule has 2 amide bonds. The maximum atomic E-state index is 11.2. The Morgan fingerprint density at radius 2 is 2.31 bits per heavy atom. The van der Waals surface area contributed by atoms with Crippen molar-refractivity contribution in [3.8, 4) is 0 Å². The van der Waals surface area contributed by atoms with Gasteiger partial charge in [-0.25, -0.2) is 4.79 Å². The smallest absolute Gasteiger partial charge is 0.317 e. The molecule has 0 saturated heterocycles. The van der Waals surface area contributed by atoms with Crippen molar-refractivity contribution in [2.24, 2.45) is 10.9 Å². The van der Waals surface area contributed by atoms with Gasteiger partial charge in [-0.3, -0.25) is 0 Å². The number of oxime groups is 1. The molecule has 0 aromatic heterocycles. The normalized spacial score (nSPS) is 13.6. The number of hydrogen-bond acceptors (Lipinski definition) is 3. The maximum Gasteiger partial charge on any atom is 0.317 e. The van der Waals surface area contributed by atoms with Gasteiger partial charge in [-0.05, 0) is 13.8 Å². The number of nitrogens with zero attached hydrogens (tertiary/aromatic N) is 2. The van der Waals surface area contributed by atoms with E-state index in [1.807, 2.05) is 6.92 Å². The first-order valence-corrected chi connectivity index (χ1v) is 4.02. The number of rotatable bonds is 3. The maximum absolute atomic E-state index is 11.2. The summed E-state index contributed by atoms with van der Waals surface area (Å²) in [6.07, 6.45) is 0. The molecule has 6 heteroatoms. The van der Waals surface area contributed by atoms with Gasteiger partial charge in [0.25, 0.3) is 0 Å². The fourth-order valence-electron chi connectivity index (χ4n) is 0.600. The van der Waals surface area contributed by atoms with Gasteiger partial charge in [-0.2, -0.15) is 0 Å². The Kier molecular flexibility index (Phi) is 4.64. The molecule has 0 aliphatic rings. The number of carbonyl (C=O) groups excluding carboxylic acids is 1. The van der Waals surface area contributed by atoms with Gasteiger partial charge in [0.05, 0.1) is 6.04 Å². The third kappa shape index (κ3) is 3.64. The van der Waals surface area contributed by atoms with Crippen LogP contribution < -0.4 is 11.1 Å². The highest BCUT2D eigenvalue weighted by Crippen LogP contribution is 1.87. The highest BCUT2D eigenvalue weighted by atomic mass is 16.4. The number of amides is 2. The Morgan fingerprint density at radius 1 is 1.77 bits per heavy atom. The van der Waals surface area contributed by atoms with Crippen LogP contribution in [-0.4, -0.2) is 41.6 Å². The molecule has 1 atom stereocenters. The summed E-state index contributed by atoms with van der Waals surface area (Å²) in [5.74, 6) is -0.0159. The van der Waals surface area contributed by atoms with Crippen LogP contribution in [0.2, 0.25) is 0 Å². The fourth-order valence-corrected chi connectivity index (χ4v) is 0.600. The monoisotopic (exact) mass is 188 g/mol. The Bertz CT molecular complexity index is 205. The van der Waals surface area contributed by atoms with Crippen molar-refractivity contribution in [2.45, 2.75) is 19.9 Å². The van der Waals surface area contributed by atoms with Crippen molar-refractivity contribution < 1.29 is 10.0 Å². The summed E-state index contributed by atoms with van der Waals surface area (Å²) in [5.41, 5.74) is 5.27. The van der Waals surface area contributed by atoms with E-state index in [0.717, 1.165) is 0 Å². The van der Waals surface area contributed by atoms with Crippen LogP contribution in [0.4, 0.5) is 4.79 Å². The highest BCUT2D eigenvalue weighted by Gasteiger charge is 2.12. The van der Waals surface area contributed by atoms with E-state index in [1.165, 1.54) is 4.90 Å². The predicted molar refractivity (Wildman–Crippen MR) is 49.7 cm³/mol. The second-order valence-electron chi connectivity index (χ2n) is 2.71. The average molecular weight is 188 g/mol. The van der Waals surface area contributed by atoms with E-state index in [1.54, 1.807) is 14.0 Å². The van der Waals surface area contributed by atoms with Gasteiger partial charge in [-0.15, -0.1) is 0 Å². The van der Waals surface area contributed by atoms with Crippen LogP contribution >= 0.6 is 0 Å². The van der Waals surface area contributed by atoms with Crippen molar-refractivity contribution in [1.29, 1.82) is 0 Å². The minimum Gasteiger partial charge on any atom is -0.409 e. The molecule has 0 aliphatic heterocycles. The molecule has 0 bridgehead atoms. The molecule has 6 nitrogen and oxygen atoms in total. The zero-order chi connectivity index (χ0) is 10.4. The Labute approximate surface area is 77.4 Å². The molecule has 0 rings (SSSR count). The molecule has 4 N–H and O–H groups in total. The van der Waals surface area contributed by atoms with E-state index in [-0.39, 0.29) is 11.9 Å². The molecule has 1 unspecified atom stereocenters. The Hall–Kier alpha value is -1.46. The highest BCUT2D eigenvalue weighted by molar-refractivity contribution is 5.88. The van der Waals surface area contributed by atoms with E-state index in [0.29, 0.717) is 6.54 Å². The third-order valence-electron chi connectivity index (χ3n) is 1.72. The average Bonchev–Trinajstić information content (AvgIpc) is 2.14. The molecular formula is C7H16N4O2. The van der Waals surface area contributed by atoms with Crippen LogP contribution in [0.25, 0.3) is 0 Å². The molecule has 76 valence electrons. The molecule has 0 aromatic rings. The van der Waals surface area contributed by atoms with Gasteiger partial charge < -0.3 is 21.2 Å². The van der Waals surface area contributed by atoms with E-state index in [2.05, 4.69) is 10.5 Å². The molecule has 0 spiro atoms. The summed E-state index contributed by atoms with van der Waals surface area (Å²) in [7, 11) is 1.66. The summed E-state index contributed by atoms with van der Waals surface area (Å²) in [6, 6.07) is -0.715. The van der Waals surface area contributed by atoms with Gasteiger partial charge in [0.1, 0.15) is 0 Å². The molecule has 13 heavy (non-hydrogen) atoms. The lowest BCUT2D eigenvalue weighted by Gasteiger charge is -2.18. The molecule has 0 saturated carbocycles. The van der Waals surface area contributed by atoms with Crippen molar-refractivity contribution >= 4 is 11.9 Å². The lowest BCUT2D eigenvalue weighted by Crippen LogP contribution is -2.47. The minimum atomic E-state index is -0.466. The van der Waals surface area contributed by atoms with Crippen molar-refractivity contribution in [1.82, 2.24) is 10.2 Å². The molecular weight excluding hydrogens is 172 g/mol. The van der Waals surface area contributed by atoms with Crippen LogP contribution in [0, 0.1) is 0 Å². The van der Waals surface area contributed by atoms with Gasteiger partial charge in [0.2, 0.25) is 0 Å². The molecule has 0 fully saturated rings. The molecule has 0 radical (unpaired) electrons. The number of amidine groups is 1. The fraction of sp³-hybridized carbons (Fsp3) is 0.714. The van der Waals surface area contributed by atoms with Gasteiger partial charge in [0, 0.05) is 13.6 Å². The summed E-state index contributed by atoms with van der Waals surface area (Å²) < 4.78 is 0. The lowest BCUT2D eigenvalue weighted by molar-refractivity contribution is 0.210. The molecule has 0 heterocycles. The zero-order valence-electron chi connectivity index (χ0n) is 8.11. The summed E-state index contributed by atoms with van der Waals surface area (Å²) in [4.78, 5) is 12.7. The number of carbonyl (C=O) groups is 1. The quantitative estimate of drug-likeness (QED) is 0.247. The van der Waals surface area contributed by atoms with Crippen LogP contribution in [0.5, 0.6) is 0 Å². The third-order valence-corrected chi connectivity index (χ3v) is 1.72. The number of hydrogen-bond donors (Lipinski definition) is 3. The largest absolute Gasteiger partial charge is 0.409 e. The van der Waals surface area contributed by atoms with E-state index in [9.17, 15) is 4.79 Å². The van der Waals surface area contributed by atoms with Crippen LogP contribution in [0.15, 0.2) is 5.16 Å². The summed E-state index contributed by atoms with van der Waals surface area (Å²) in [6.45, 7) is 4.10. The first-order chi connectivity index (χ1) is 6.02. The predicted octanol–water partition coefficient (Wildman–Crippen LogP) is -0.217. The van der Waals surface area contributed by atoms with Crippen LogP contribution in [0.1, 0.15) is 13.8 Å². The van der Waals surface area contributed by atoms with Gasteiger partial charge in [-0.1, -0.05) is 5.16 Å². The summed E-state index contributed by atoms with van der Waals surface area (Å²) >= 11 is 0. The molecule has 0 aromatic carbocycles. The second kappa shape index (κ2) is 5.23. The van der Waals surface area contributed by atoms with E-state index < -0.39 is 6.04 Å². The second-order valence-corrected chi connectivity index (χ2v) is 2.71. The molecule has 0 aliphatic carbocycles. The Morgan fingerprint density at radius 3 is 2.69 bits per heavy atom. The van der Waals surface area contributed by atoms with Crippen molar-refractivity contribution in [3.05, 3.63) is 0 Å². The van der Waals surface area contributed by atoms with E-state index >= 15 is 0 Å². The van der Waals surface area contributed by atoms with Gasteiger partial charge in [0.15, 0.2) is 5.84 Å². The first-order valence-electron chi connectivity index (χ1n) is 4.02. The first kappa shape index (κ1) is 11.5. The van der Waals surface area contributed by atoms with Gasteiger partial charge >= 0.3 is 6.03 Å². The topological polar surface area (TPSA) is 91.0 Å². The van der Waals surface area contributed by atoms with E-state index in [4.69, 9.17) is 10.9 Å². The standard InChI is InChI=1S/C7H16N4O2/c1-4-11(3)7(12)9-5(2)6(8)10-13/h5,13H,4H2,1-3H3,(H2,8,10)(H,9,12). The van der Waals surface area contributed by atoms with Crippen LogP contribution in [0.3, 0.4) is 0 Å². The van der Waals surface area contributed by atoms with Crippen molar-refractivity contribution in [3.63, 3.8) is 0 Å². The lowest BCUT2D eigenvalue weighted by atomic mass is 10.3.